The summed E-state index contributed by atoms with van der Waals surface area (Å²) in [5.74, 6) is 1.00. The maximum atomic E-state index is 12.9. The molecule has 6 nitrogen and oxygen atoms in total. The minimum Gasteiger partial charge on any atom is -0.493 e. The molecule has 4 rings (SSSR count). The number of rotatable bonds is 8. The molecule has 3 aromatic rings. The molecule has 0 radical (unpaired) electrons. The van der Waals surface area contributed by atoms with Crippen molar-refractivity contribution in [1.29, 1.82) is 0 Å². The summed E-state index contributed by atoms with van der Waals surface area (Å²) in [6, 6.07) is 15.4. The molecule has 1 atom stereocenters. The number of carbonyl (C=O) groups is 2. The van der Waals surface area contributed by atoms with Crippen LogP contribution < -0.4 is 14.8 Å². The van der Waals surface area contributed by atoms with Crippen LogP contribution in [-0.4, -0.2) is 26.1 Å². The Morgan fingerprint density at radius 2 is 1.84 bits per heavy atom. The van der Waals surface area contributed by atoms with Crippen LogP contribution in [0.3, 0.4) is 0 Å². The number of amides is 1. The maximum Gasteiger partial charge on any atom is 0.341 e. The number of esters is 1. The van der Waals surface area contributed by atoms with Crippen molar-refractivity contribution in [3.63, 3.8) is 0 Å². The lowest BCUT2D eigenvalue weighted by molar-refractivity contribution is -0.111. The molecule has 38 heavy (non-hydrogen) atoms. The van der Waals surface area contributed by atoms with Crippen molar-refractivity contribution in [2.24, 2.45) is 11.3 Å². The average molecular weight is 534 g/mol. The number of ether oxygens (including phenoxy) is 3. The Balaban J connectivity index is 1.47. The van der Waals surface area contributed by atoms with Gasteiger partial charge in [0.25, 0.3) is 0 Å². The van der Waals surface area contributed by atoms with E-state index in [1.54, 1.807) is 13.2 Å². The Morgan fingerprint density at radius 3 is 2.53 bits per heavy atom. The first-order valence-electron chi connectivity index (χ1n) is 12.8. The van der Waals surface area contributed by atoms with Gasteiger partial charge in [-0.25, -0.2) is 4.79 Å². The van der Waals surface area contributed by atoms with E-state index in [1.165, 1.54) is 24.5 Å². The molecule has 1 aliphatic rings. The van der Waals surface area contributed by atoms with Crippen LogP contribution >= 0.6 is 11.3 Å². The third-order valence-corrected chi connectivity index (χ3v) is 8.14. The van der Waals surface area contributed by atoms with Crippen molar-refractivity contribution in [1.82, 2.24) is 0 Å². The van der Waals surface area contributed by atoms with E-state index in [0.29, 0.717) is 34.6 Å². The summed E-state index contributed by atoms with van der Waals surface area (Å²) in [4.78, 5) is 26.7. The van der Waals surface area contributed by atoms with Gasteiger partial charge >= 0.3 is 5.97 Å². The molecule has 1 aliphatic carbocycles. The molecular formula is C31H35NO5S. The lowest BCUT2D eigenvalue weighted by Gasteiger charge is -2.33. The number of methoxy groups -OCH3 is 2. The number of carbonyl (C=O) groups excluding carboxylic acids is 2. The zero-order chi connectivity index (χ0) is 27.3. The third-order valence-electron chi connectivity index (χ3n) is 6.97. The first-order chi connectivity index (χ1) is 18.2. The maximum absolute atomic E-state index is 12.9. The summed E-state index contributed by atoms with van der Waals surface area (Å²) in [7, 11) is 2.96. The number of nitrogens with one attached hydrogen (secondary N) is 1. The Hall–Kier alpha value is -3.58. The summed E-state index contributed by atoms with van der Waals surface area (Å²) >= 11 is 1.48. The predicted octanol–water partition coefficient (Wildman–Crippen LogP) is 6.93. The molecule has 0 saturated heterocycles. The van der Waals surface area contributed by atoms with Gasteiger partial charge in [-0.3, -0.25) is 4.79 Å². The highest BCUT2D eigenvalue weighted by atomic mass is 32.1. The lowest BCUT2D eigenvalue weighted by atomic mass is 9.72. The van der Waals surface area contributed by atoms with E-state index >= 15 is 0 Å². The SMILES string of the molecule is COC(=O)c1c(NC(=O)/C=C/c2ccc(OCc3ccccc3)c(OC)c2)sc2c1CCC(C(C)(C)C)C2. The molecule has 0 aliphatic heterocycles. The van der Waals surface area contributed by atoms with Crippen molar-refractivity contribution < 1.29 is 23.8 Å². The zero-order valence-electron chi connectivity index (χ0n) is 22.6. The fourth-order valence-corrected chi connectivity index (χ4v) is 6.02. The Morgan fingerprint density at radius 1 is 1.08 bits per heavy atom. The molecule has 0 saturated carbocycles. The molecular weight excluding hydrogens is 498 g/mol. The highest BCUT2D eigenvalue weighted by Crippen LogP contribution is 2.44. The van der Waals surface area contributed by atoms with E-state index in [9.17, 15) is 9.59 Å². The van der Waals surface area contributed by atoms with Crippen LogP contribution in [0.15, 0.2) is 54.6 Å². The van der Waals surface area contributed by atoms with Crippen molar-refractivity contribution >= 4 is 34.3 Å². The Labute approximate surface area is 228 Å². The number of hydrogen-bond donors (Lipinski definition) is 1. The number of fused-ring (bicyclic) bond motifs is 1. The van der Waals surface area contributed by atoms with Crippen LogP contribution in [0.2, 0.25) is 0 Å². The fraction of sp³-hybridized carbons (Fsp3) is 0.355. The van der Waals surface area contributed by atoms with Crippen molar-refractivity contribution in [3.8, 4) is 11.5 Å². The molecule has 2 aromatic carbocycles. The highest BCUT2D eigenvalue weighted by Gasteiger charge is 2.34. The molecule has 0 spiro atoms. The van der Waals surface area contributed by atoms with Gasteiger partial charge in [0.05, 0.1) is 19.8 Å². The van der Waals surface area contributed by atoms with Crippen LogP contribution in [0.4, 0.5) is 5.00 Å². The normalized spacial score (nSPS) is 15.1. The molecule has 7 heteroatoms. The summed E-state index contributed by atoms with van der Waals surface area (Å²) in [5.41, 5.74) is 3.53. The van der Waals surface area contributed by atoms with Gasteiger partial charge in [-0.05, 0) is 65.5 Å². The minimum absolute atomic E-state index is 0.183. The second-order valence-electron chi connectivity index (χ2n) is 10.5. The zero-order valence-corrected chi connectivity index (χ0v) is 23.4. The van der Waals surface area contributed by atoms with Crippen LogP contribution in [0.5, 0.6) is 11.5 Å². The second kappa shape index (κ2) is 11.9. The quantitative estimate of drug-likeness (QED) is 0.251. The molecule has 1 heterocycles. The monoisotopic (exact) mass is 533 g/mol. The molecule has 0 fully saturated rings. The van der Waals surface area contributed by atoms with Crippen LogP contribution in [0, 0.1) is 11.3 Å². The van der Waals surface area contributed by atoms with Gasteiger partial charge in [-0.1, -0.05) is 57.2 Å². The van der Waals surface area contributed by atoms with E-state index in [2.05, 4.69) is 26.1 Å². The topological polar surface area (TPSA) is 73.9 Å². The summed E-state index contributed by atoms with van der Waals surface area (Å²) in [5, 5.41) is 3.47. The van der Waals surface area contributed by atoms with Gasteiger partial charge < -0.3 is 19.5 Å². The average Bonchev–Trinajstić information content (AvgIpc) is 3.27. The Kier molecular flexibility index (Phi) is 8.57. The van der Waals surface area contributed by atoms with E-state index in [-0.39, 0.29) is 11.3 Å². The predicted molar refractivity (Wildman–Crippen MR) is 152 cm³/mol. The first-order valence-corrected chi connectivity index (χ1v) is 13.6. The molecule has 1 amide bonds. The van der Waals surface area contributed by atoms with Crippen molar-refractivity contribution in [3.05, 3.63) is 81.7 Å². The van der Waals surface area contributed by atoms with Crippen molar-refractivity contribution in [2.75, 3.05) is 19.5 Å². The number of hydrogen-bond acceptors (Lipinski definition) is 6. The van der Waals surface area contributed by atoms with Gasteiger partial charge in [-0.15, -0.1) is 11.3 Å². The molecule has 1 unspecified atom stereocenters. The number of thiophene rings is 1. The van der Waals surface area contributed by atoms with E-state index in [1.807, 2.05) is 48.5 Å². The van der Waals surface area contributed by atoms with Crippen LogP contribution in [0.1, 0.15) is 59.1 Å². The van der Waals surface area contributed by atoms with E-state index in [4.69, 9.17) is 14.2 Å². The van der Waals surface area contributed by atoms with Gasteiger partial charge in [0.15, 0.2) is 11.5 Å². The lowest BCUT2D eigenvalue weighted by Crippen LogP contribution is -2.26. The van der Waals surface area contributed by atoms with Gasteiger partial charge in [0.2, 0.25) is 5.91 Å². The van der Waals surface area contributed by atoms with Crippen molar-refractivity contribution in [2.45, 2.75) is 46.6 Å². The molecule has 1 aromatic heterocycles. The summed E-state index contributed by atoms with van der Waals surface area (Å²) in [6.07, 6.45) is 5.88. The van der Waals surface area contributed by atoms with Crippen LogP contribution in [0.25, 0.3) is 6.08 Å². The summed E-state index contributed by atoms with van der Waals surface area (Å²) < 4.78 is 16.5. The highest BCUT2D eigenvalue weighted by molar-refractivity contribution is 7.17. The van der Waals surface area contributed by atoms with Gasteiger partial charge in [-0.2, -0.15) is 0 Å². The molecule has 0 bridgehead atoms. The van der Waals surface area contributed by atoms with E-state index < -0.39 is 5.97 Å². The second-order valence-corrected chi connectivity index (χ2v) is 11.6. The smallest absolute Gasteiger partial charge is 0.341 e. The third kappa shape index (κ3) is 6.45. The van der Waals surface area contributed by atoms with E-state index in [0.717, 1.165) is 40.8 Å². The standard InChI is InChI=1S/C31H35NO5S/c1-31(2,3)22-13-14-23-26(18-22)38-29(28(23)30(34)36-5)32-27(33)16-12-20-11-15-24(25(17-20)35-4)37-19-21-9-7-6-8-10-21/h6-12,15-17,22H,13-14,18-19H2,1-5H3,(H,32,33)/b16-12+. The first kappa shape index (κ1) is 27.5. The van der Waals surface area contributed by atoms with Crippen LogP contribution in [-0.2, 0) is 29.0 Å². The molecule has 1 N–H and O–H groups in total. The number of benzene rings is 2. The largest absolute Gasteiger partial charge is 0.493 e. The fourth-order valence-electron chi connectivity index (χ4n) is 4.70. The number of anilines is 1. The summed E-state index contributed by atoms with van der Waals surface area (Å²) in [6.45, 7) is 7.18. The minimum atomic E-state index is -0.410. The Bertz CT molecular complexity index is 1320. The van der Waals surface area contributed by atoms with Gasteiger partial charge in [0.1, 0.15) is 11.6 Å². The molecule has 200 valence electrons. The van der Waals surface area contributed by atoms with Gasteiger partial charge in [0, 0.05) is 11.0 Å².